The Kier molecular flexibility index (Phi) is 17.8. The number of carboxylic acids is 1. The second kappa shape index (κ2) is 23.2. The highest BCUT2D eigenvalue weighted by atomic mass is 32.2. The van der Waals surface area contributed by atoms with Gasteiger partial charge in [-0.05, 0) is 111 Å². The van der Waals surface area contributed by atoms with Gasteiger partial charge in [0, 0.05) is 6.07 Å². The van der Waals surface area contributed by atoms with Gasteiger partial charge in [0.2, 0.25) is 17.7 Å². The van der Waals surface area contributed by atoms with Crippen molar-refractivity contribution in [3.63, 3.8) is 0 Å². The lowest BCUT2D eigenvalue weighted by atomic mass is 10.0. The van der Waals surface area contributed by atoms with Gasteiger partial charge < -0.3 is 35.3 Å². The van der Waals surface area contributed by atoms with Crippen molar-refractivity contribution >= 4 is 55.1 Å². The van der Waals surface area contributed by atoms with Crippen LogP contribution in [0.25, 0.3) is 0 Å². The lowest BCUT2D eigenvalue weighted by molar-refractivity contribution is -0.142. The zero-order valence-corrected chi connectivity index (χ0v) is 40.6. The van der Waals surface area contributed by atoms with Crippen molar-refractivity contribution in [3.05, 3.63) is 138 Å². The smallest absolute Gasteiger partial charge is 0.326 e. The summed E-state index contributed by atoms with van der Waals surface area (Å²) in [5.74, 6) is -3.20. The number of amides is 3. The number of carbonyl (C=O) groups is 4. The van der Waals surface area contributed by atoms with E-state index in [2.05, 4.69) is 5.32 Å². The number of methoxy groups -OCH3 is 2. The highest BCUT2D eigenvalue weighted by Gasteiger charge is 2.42. The zero-order valence-electron chi connectivity index (χ0n) is 38.9. The van der Waals surface area contributed by atoms with Gasteiger partial charge >= 0.3 is 5.97 Å². The number of anilines is 2. The minimum atomic E-state index is -4.33. The number of halogens is 1. The largest absolute Gasteiger partial charge is 0.494 e. The highest BCUT2D eigenvalue weighted by Crippen LogP contribution is 2.37. The van der Waals surface area contributed by atoms with Crippen molar-refractivity contribution in [1.82, 2.24) is 10.2 Å². The number of hydrogen-bond acceptors (Lipinski definition) is 11. The average molecular weight is 990 g/mol. The van der Waals surface area contributed by atoms with Crippen LogP contribution < -0.4 is 33.9 Å². The van der Waals surface area contributed by atoms with E-state index in [4.69, 9.17) is 19.9 Å². The molecule has 3 unspecified atom stereocenters. The molecule has 1 fully saturated rings. The van der Waals surface area contributed by atoms with Crippen LogP contribution in [0, 0.1) is 18.7 Å². The molecule has 1 aliphatic heterocycles. The van der Waals surface area contributed by atoms with Crippen molar-refractivity contribution in [2.75, 3.05) is 42.5 Å². The Balaban J connectivity index is 0.000000261. The van der Waals surface area contributed by atoms with E-state index in [1.54, 1.807) is 50.2 Å². The number of sulfonamides is 2. The molecule has 69 heavy (non-hydrogen) atoms. The van der Waals surface area contributed by atoms with Crippen molar-refractivity contribution in [3.8, 4) is 17.2 Å². The van der Waals surface area contributed by atoms with Crippen LogP contribution in [0.3, 0.4) is 0 Å². The Labute approximate surface area is 401 Å². The molecule has 17 nitrogen and oxygen atoms in total. The first kappa shape index (κ1) is 52.8. The number of likely N-dealkylation sites (tertiary alicyclic amines) is 1. The van der Waals surface area contributed by atoms with Crippen LogP contribution in [0.1, 0.15) is 50.8 Å². The topological polar surface area (TPSA) is 232 Å². The Morgan fingerprint density at radius 2 is 1.32 bits per heavy atom. The average Bonchev–Trinajstić information content (AvgIpc) is 3.79. The zero-order chi connectivity index (χ0) is 50.6. The Morgan fingerprint density at radius 1 is 0.768 bits per heavy atom. The molecule has 1 heterocycles. The number of nitrogens with two attached hydrogens (primary N) is 1. The van der Waals surface area contributed by atoms with Gasteiger partial charge in [-0.25, -0.2) is 26.0 Å². The number of ether oxygens (including phenoxy) is 3. The summed E-state index contributed by atoms with van der Waals surface area (Å²) >= 11 is 0. The van der Waals surface area contributed by atoms with E-state index < -0.39 is 80.6 Å². The molecule has 20 heteroatoms. The summed E-state index contributed by atoms with van der Waals surface area (Å²) in [5, 5.41) is 11.6. The molecule has 0 saturated carbocycles. The molecule has 3 atom stereocenters. The van der Waals surface area contributed by atoms with E-state index in [1.807, 2.05) is 44.2 Å². The quantitative estimate of drug-likeness (QED) is 0.0856. The highest BCUT2D eigenvalue weighted by molar-refractivity contribution is 7.93. The number of benzene rings is 5. The summed E-state index contributed by atoms with van der Waals surface area (Å²) in [6, 6.07) is 28.4. The van der Waals surface area contributed by atoms with Gasteiger partial charge in [0.25, 0.3) is 20.0 Å². The number of aliphatic carboxylic acids is 1. The van der Waals surface area contributed by atoms with Gasteiger partial charge in [0.1, 0.15) is 36.7 Å². The van der Waals surface area contributed by atoms with Crippen LogP contribution in [0.5, 0.6) is 17.2 Å². The third-order valence-corrected chi connectivity index (χ3v) is 14.7. The number of aryl methyl sites for hydroxylation is 1. The van der Waals surface area contributed by atoms with E-state index in [0.717, 1.165) is 31.9 Å². The van der Waals surface area contributed by atoms with Crippen LogP contribution in [0.2, 0.25) is 0 Å². The van der Waals surface area contributed by atoms with Crippen molar-refractivity contribution in [2.45, 2.75) is 68.5 Å². The number of nitrogens with zero attached hydrogens (tertiary/aromatic N) is 3. The molecule has 0 bridgehead atoms. The Bertz CT molecular complexity index is 2800. The van der Waals surface area contributed by atoms with E-state index in [-0.39, 0.29) is 27.3 Å². The SMILES string of the molecule is CCOc1ccc(S(=O)(=O)N(CC(=O)N2C(C(N)=O)CCC2c2ccccc2)c2ccc(C)cc2)cc1.COc1ccc(S(=O)(=O)N(CC(=O)NC(C(=O)O)C(C)C)c2ccc(F)cc2)cc1OC. The molecule has 4 N–H and O–H groups in total. The monoisotopic (exact) mass is 989 g/mol. The van der Waals surface area contributed by atoms with Crippen LogP contribution in [-0.4, -0.2) is 96.5 Å². The lowest BCUT2D eigenvalue weighted by Crippen LogP contribution is -2.49. The number of carbonyl (C=O) groups excluding carboxylic acids is 3. The van der Waals surface area contributed by atoms with Crippen molar-refractivity contribution in [1.29, 1.82) is 0 Å². The van der Waals surface area contributed by atoms with Crippen LogP contribution in [0.15, 0.2) is 131 Å². The maximum atomic E-state index is 13.8. The van der Waals surface area contributed by atoms with Crippen LogP contribution in [-0.2, 0) is 39.2 Å². The number of hydrogen-bond donors (Lipinski definition) is 3. The third kappa shape index (κ3) is 12.9. The number of carboxylic acid groups (broad SMARTS) is 1. The minimum absolute atomic E-state index is 0.0211. The first-order valence-electron chi connectivity index (χ1n) is 21.7. The molecule has 1 aliphatic rings. The molecule has 6 rings (SSSR count). The van der Waals surface area contributed by atoms with E-state index >= 15 is 0 Å². The first-order valence-corrected chi connectivity index (χ1v) is 24.6. The number of primary amides is 1. The summed E-state index contributed by atoms with van der Waals surface area (Å²) in [7, 11) is -5.72. The maximum Gasteiger partial charge on any atom is 0.326 e. The summed E-state index contributed by atoms with van der Waals surface area (Å²) < 4.78 is 85.5. The number of nitrogens with one attached hydrogen (secondary N) is 1. The molecule has 5 aromatic rings. The molecule has 3 amide bonds. The third-order valence-electron chi connectivity index (χ3n) is 11.1. The lowest BCUT2D eigenvalue weighted by Gasteiger charge is -2.32. The molecule has 0 aromatic heterocycles. The molecule has 0 radical (unpaired) electrons. The van der Waals surface area contributed by atoms with Gasteiger partial charge in [0.05, 0.1) is 48.0 Å². The molecule has 5 aromatic carbocycles. The molecule has 0 spiro atoms. The van der Waals surface area contributed by atoms with Gasteiger partial charge in [-0.15, -0.1) is 0 Å². The second-order valence-electron chi connectivity index (χ2n) is 16.1. The summed E-state index contributed by atoms with van der Waals surface area (Å²) in [5.41, 5.74) is 7.85. The van der Waals surface area contributed by atoms with E-state index in [9.17, 15) is 45.5 Å². The normalized spacial score (nSPS) is 15.0. The first-order chi connectivity index (χ1) is 32.7. The van der Waals surface area contributed by atoms with Crippen molar-refractivity contribution < 1.29 is 59.7 Å². The van der Waals surface area contributed by atoms with Crippen LogP contribution in [0.4, 0.5) is 15.8 Å². The summed E-state index contributed by atoms with van der Waals surface area (Å²) in [6.07, 6.45) is 0.969. The summed E-state index contributed by atoms with van der Waals surface area (Å²) in [4.78, 5) is 51.4. The molecular weight excluding hydrogens is 934 g/mol. The molecule has 368 valence electrons. The second-order valence-corrected chi connectivity index (χ2v) is 19.8. The molecule has 0 aliphatic carbocycles. The minimum Gasteiger partial charge on any atom is -0.494 e. The number of rotatable bonds is 19. The van der Waals surface area contributed by atoms with Gasteiger partial charge in [0.15, 0.2) is 11.5 Å². The predicted octanol–water partition coefficient (Wildman–Crippen LogP) is 6.07. The van der Waals surface area contributed by atoms with Gasteiger partial charge in [-0.3, -0.25) is 23.0 Å². The Hall–Kier alpha value is -7.19. The molecule has 1 saturated heterocycles. The van der Waals surface area contributed by atoms with Gasteiger partial charge in [-0.1, -0.05) is 61.9 Å². The molecular formula is C49H56FN5O12S2. The van der Waals surface area contributed by atoms with E-state index in [1.165, 1.54) is 61.6 Å². The van der Waals surface area contributed by atoms with E-state index in [0.29, 0.717) is 36.6 Å². The Morgan fingerprint density at radius 3 is 1.86 bits per heavy atom. The predicted molar refractivity (Wildman–Crippen MR) is 256 cm³/mol. The standard InChI is InChI=1S/C28H31N3O5S.C21H25FN2O7S/c1-3-36-23-13-15-24(16-14-23)37(34,35)30(22-11-9-20(2)10-12-22)19-27(32)31-25(17-18-26(31)28(29)33)21-7-5-4-6-8-21;1-13(2)20(21(26)27)23-19(25)12-24(15-7-5-14(22)6-8-15)32(28,29)16-9-10-17(30-3)18(11-16)31-4/h4-16,25-26H,3,17-19H2,1-2H3,(H2,29,33);5-11,13,20H,12H2,1-4H3,(H,23,25)(H,26,27). The summed E-state index contributed by atoms with van der Waals surface area (Å²) in [6.45, 7) is 6.20. The fourth-order valence-electron chi connectivity index (χ4n) is 7.56. The van der Waals surface area contributed by atoms with Crippen LogP contribution >= 0.6 is 0 Å². The van der Waals surface area contributed by atoms with Crippen molar-refractivity contribution in [2.24, 2.45) is 11.7 Å². The van der Waals surface area contributed by atoms with Gasteiger partial charge in [-0.2, -0.15) is 0 Å². The maximum absolute atomic E-state index is 13.8. The fraction of sp³-hybridized carbons (Fsp3) is 0.306. The fourth-order valence-corrected chi connectivity index (χ4v) is 10.4.